The molecule has 0 spiro atoms. The van der Waals surface area contributed by atoms with Crippen LogP contribution < -0.4 is 20.3 Å². The van der Waals surface area contributed by atoms with E-state index in [0.717, 1.165) is 58.1 Å². The fourth-order valence-corrected chi connectivity index (χ4v) is 5.61. The van der Waals surface area contributed by atoms with Gasteiger partial charge in [-0.2, -0.15) is 4.98 Å². The number of aryl methyl sites for hydroxylation is 1. The van der Waals surface area contributed by atoms with E-state index in [1.165, 1.54) is 10.4 Å². The molecule has 188 valence electrons. The van der Waals surface area contributed by atoms with Crippen LogP contribution in [-0.2, 0) is 0 Å². The largest absolute Gasteiger partial charge is 0.494 e. The van der Waals surface area contributed by atoms with Crippen LogP contribution in [0.3, 0.4) is 0 Å². The Labute approximate surface area is 223 Å². The molecule has 36 heavy (non-hydrogen) atoms. The van der Waals surface area contributed by atoms with Gasteiger partial charge in [-0.1, -0.05) is 0 Å². The monoisotopic (exact) mass is 567 g/mol. The molecule has 0 radical (unpaired) electrons. The van der Waals surface area contributed by atoms with Crippen LogP contribution in [0.15, 0.2) is 47.1 Å². The lowest BCUT2D eigenvalue weighted by Gasteiger charge is -2.36. The number of benzene rings is 2. The minimum Gasteiger partial charge on any atom is -0.494 e. The average molecular weight is 569 g/mol. The lowest BCUT2D eigenvalue weighted by molar-refractivity contribution is 0.249. The van der Waals surface area contributed by atoms with Crippen LogP contribution >= 0.6 is 27.3 Å². The van der Waals surface area contributed by atoms with E-state index in [9.17, 15) is 0 Å². The lowest BCUT2D eigenvalue weighted by Crippen LogP contribution is -2.41. The molecule has 3 heterocycles. The molecule has 10 heteroatoms. The number of hydrogen-bond donors (Lipinski definition) is 2. The Morgan fingerprint density at radius 1 is 1.08 bits per heavy atom. The zero-order chi connectivity index (χ0) is 25.2. The molecule has 2 N–H and O–H groups in total. The molecule has 0 bridgehead atoms. The summed E-state index contributed by atoms with van der Waals surface area (Å²) in [5.74, 6) is 1.90. The third kappa shape index (κ3) is 5.40. The second kappa shape index (κ2) is 10.6. The first kappa shape index (κ1) is 24.7. The fraction of sp³-hybridized carbons (Fsp3) is 0.346. The predicted molar refractivity (Wildman–Crippen MR) is 153 cm³/mol. The summed E-state index contributed by atoms with van der Waals surface area (Å²) < 4.78 is 7.65. The van der Waals surface area contributed by atoms with Crippen molar-refractivity contribution in [2.75, 3.05) is 49.8 Å². The van der Waals surface area contributed by atoms with Gasteiger partial charge in [-0.05, 0) is 80.1 Å². The molecule has 8 nitrogen and oxygen atoms in total. The number of rotatable bonds is 7. The smallest absolute Gasteiger partial charge is 0.229 e. The molecular formula is C26H30BrN7OS. The Kier molecular flexibility index (Phi) is 7.27. The molecule has 0 unspecified atom stereocenters. The number of ether oxygens (including phenoxy) is 1. The molecule has 1 saturated heterocycles. The molecule has 0 aliphatic carbocycles. The number of fused-ring (bicyclic) bond motifs is 1. The third-order valence-electron chi connectivity index (χ3n) is 6.49. The third-order valence-corrected chi connectivity index (χ3v) is 8.03. The van der Waals surface area contributed by atoms with Gasteiger partial charge in [0.15, 0.2) is 0 Å². The molecule has 4 aromatic rings. The maximum atomic E-state index is 5.72. The molecule has 0 amide bonds. The summed E-state index contributed by atoms with van der Waals surface area (Å²) in [7, 11) is 6.01. The van der Waals surface area contributed by atoms with Crippen LogP contribution in [0.5, 0.6) is 5.75 Å². The van der Waals surface area contributed by atoms with Crippen molar-refractivity contribution in [2.45, 2.75) is 25.8 Å². The summed E-state index contributed by atoms with van der Waals surface area (Å²) >= 11 is 5.25. The molecule has 2 aromatic heterocycles. The van der Waals surface area contributed by atoms with Crippen molar-refractivity contribution < 1.29 is 4.74 Å². The van der Waals surface area contributed by atoms with Gasteiger partial charge in [0, 0.05) is 42.8 Å². The Morgan fingerprint density at radius 3 is 2.64 bits per heavy atom. The van der Waals surface area contributed by atoms with Gasteiger partial charge >= 0.3 is 0 Å². The van der Waals surface area contributed by atoms with Crippen molar-refractivity contribution in [3.05, 3.63) is 52.1 Å². The van der Waals surface area contributed by atoms with Crippen molar-refractivity contribution in [2.24, 2.45) is 0 Å². The number of anilines is 5. The number of nitrogens with zero attached hydrogens (tertiary/aromatic N) is 5. The van der Waals surface area contributed by atoms with Gasteiger partial charge in [0.1, 0.15) is 11.6 Å². The maximum Gasteiger partial charge on any atom is 0.229 e. The first-order valence-corrected chi connectivity index (χ1v) is 13.5. The quantitative estimate of drug-likeness (QED) is 0.274. The van der Waals surface area contributed by atoms with Gasteiger partial charge in [0.05, 0.1) is 32.5 Å². The van der Waals surface area contributed by atoms with E-state index in [4.69, 9.17) is 9.72 Å². The van der Waals surface area contributed by atoms with Crippen LogP contribution in [0, 0.1) is 6.92 Å². The van der Waals surface area contributed by atoms with E-state index in [-0.39, 0.29) is 0 Å². The maximum absolute atomic E-state index is 5.72. The normalized spacial score (nSPS) is 14.4. The molecule has 5 rings (SSSR count). The lowest BCUT2D eigenvalue weighted by atomic mass is 10.0. The highest BCUT2D eigenvalue weighted by Gasteiger charge is 2.21. The Morgan fingerprint density at radius 2 is 1.89 bits per heavy atom. The molecule has 2 aromatic carbocycles. The summed E-state index contributed by atoms with van der Waals surface area (Å²) in [5, 5.41) is 7.75. The zero-order valence-electron chi connectivity index (χ0n) is 20.9. The standard InChI is InChI=1S/C26H30BrN7OS/c1-16-29-22-13-17(5-8-24(22)36-16)30-25-20(27)15-28-26(32-25)31-21-7-6-19(14-23(21)35-4)34-11-9-18(10-12-34)33(2)3/h5-8,13-15,18H,9-12H2,1-4H3,(H2,28,30,31,32). The molecular weight excluding hydrogens is 538 g/mol. The molecule has 1 aliphatic rings. The molecule has 0 atom stereocenters. The predicted octanol–water partition coefficient (Wildman–Crippen LogP) is 6.18. The highest BCUT2D eigenvalue weighted by molar-refractivity contribution is 9.10. The van der Waals surface area contributed by atoms with Crippen molar-refractivity contribution in [1.82, 2.24) is 19.9 Å². The van der Waals surface area contributed by atoms with Gasteiger partial charge in [0.2, 0.25) is 5.95 Å². The SMILES string of the molecule is COc1cc(N2CCC(N(C)C)CC2)ccc1Nc1ncc(Br)c(Nc2ccc3sc(C)nc3c2)n1. The highest BCUT2D eigenvalue weighted by Crippen LogP contribution is 2.34. The van der Waals surface area contributed by atoms with E-state index in [2.05, 4.69) is 78.6 Å². The summed E-state index contributed by atoms with van der Waals surface area (Å²) in [6, 6.07) is 13.0. The van der Waals surface area contributed by atoms with Gasteiger partial charge in [-0.25, -0.2) is 9.97 Å². The van der Waals surface area contributed by atoms with Crippen LogP contribution in [0.25, 0.3) is 10.2 Å². The average Bonchev–Trinajstić information content (AvgIpc) is 3.25. The van der Waals surface area contributed by atoms with Gasteiger partial charge in [0.25, 0.3) is 0 Å². The second-order valence-electron chi connectivity index (χ2n) is 9.12. The summed E-state index contributed by atoms with van der Waals surface area (Å²) in [6.45, 7) is 4.09. The Hall–Kier alpha value is -2.95. The van der Waals surface area contributed by atoms with E-state index >= 15 is 0 Å². The van der Waals surface area contributed by atoms with Crippen molar-refractivity contribution in [3.8, 4) is 5.75 Å². The highest BCUT2D eigenvalue weighted by atomic mass is 79.9. The van der Waals surface area contributed by atoms with E-state index in [1.807, 2.05) is 25.1 Å². The van der Waals surface area contributed by atoms with E-state index in [0.29, 0.717) is 17.8 Å². The Bertz CT molecular complexity index is 1370. The van der Waals surface area contributed by atoms with Gasteiger partial charge in [-0.3, -0.25) is 0 Å². The first-order chi connectivity index (χ1) is 17.4. The molecule has 1 aliphatic heterocycles. The number of aromatic nitrogens is 3. The summed E-state index contributed by atoms with van der Waals surface area (Å²) in [4.78, 5) is 18.5. The summed E-state index contributed by atoms with van der Waals surface area (Å²) in [6.07, 6.45) is 4.05. The van der Waals surface area contributed by atoms with Crippen molar-refractivity contribution in [3.63, 3.8) is 0 Å². The number of methoxy groups -OCH3 is 1. The zero-order valence-corrected chi connectivity index (χ0v) is 23.3. The minimum absolute atomic E-state index is 0.476. The first-order valence-electron chi connectivity index (χ1n) is 11.9. The van der Waals surface area contributed by atoms with Crippen LogP contribution in [0.2, 0.25) is 0 Å². The molecule has 1 fully saturated rings. The number of thiazole rings is 1. The van der Waals surface area contributed by atoms with E-state index < -0.39 is 0 Å². The second-order valence-corrected chi connectivity index (χ2v) is 11.2. The van der Waals surface area contributed by atoms with Gasteiger partial charge < -0.3 is 25.2 Å². The number of halogens is 1. The molecule has 0 saturated carbocycles. The fourth-order valence-electron chi connectivity index (χ4n) is 4.51. The van der Waals surface area contributed by atoms with Crippen molar-refractivity contribution >= 4 is 66.3 Å². The topological polar surface area (TPSA) is 78.4 Å². The minimum atomic E-state index is 0.476. The number of piperidine rings is 1. The van der Waals surface area contributed by atoms with Crippen LogP contribution in [0.1, 0.15) is 17.8 Å². The Balaban J connectivity index is 1.32. The van der Waals surface area contributed by atoms with Crippen LogP contribution in [0.4, 0.5) is 28.8 Å². The number of nitrogens with one attached hydrogen (secondary N) is 2. The van der Waals surface area contributed by atoms with Crippen molar-refractivity contribution in [1.29, 1.82) is 0 Å². The van der Waals surface area contributed by atoms with Crippen LogP contribution in [-0.4, -0.2) is 60.2 Å². The van der Waals surface area contributed by atoms with Gasteiger partial charge in [-0.15, -0.1) is 11.3 Å². The van der Waals surface area contributed by atoms with E-state index in [1.54, 1.807) is 24.6 Å². The summed E-state index contributed by atoms with van der Waals surface area (Å²) in [5.41, 5.74) is 3.87. The number of hydrogen-bond acceptors (Lipinski definition) is 9.